The van der Waals surface area contributed by atoms with E-state index in [4.69, 9.17) is 14.9 Å². The predicted octanol–water partition coefficient (Wildman–Crippen LogP) is 4.61. The van der Waals surface area contributed by atoms with E-state index in [2.05, 4.69) is 19.8 Å². The van der Waals surface area contributed by atoms with Gasteiger partial charge in [0.1, 0.15) is 17.3 Å². The molecule has 0 saturated heterocycles. The van der Waals surface area contributed by atoms with Crippen LogP contribution in [0, 0.1) is 11.7 Å². The molecule has 0 aliphatic heterocycles. The van der Waals surface area contributed by atoms with E-state index in [0.717, 1.165) is 20.0 Å². The Bertz CT molecular complexity index is 1320. The van der Waals surface area contributed by atoms with Gasteiger partial charge in [0.2, 0.25) is 5.89 Å². The van der Waals surface area contributed by atoms with Gasteiger partial charge in [-0.3, -0.25) is 4.79 Å². The zero-order chi connectivity index (χ0) is 27.4. The van der Waals surface area contributed by atoms with Crippen LogP contribution in [0.25, 0.3) is 11.5 Å². The minimum atomic E-state index is -3.02. The fourth-order valence-corrected chi connectivity index (χ4v) is 3.64. The molecule has 0 bridgehead atoms. The Balaban J connectivity index is 1.56. The number of oxazole rings is 1. The molecule has 38 heavy (non-hydrogen) atoms. The van der Waals surface area contributed by atoms with Crippen LogP contribution in [0.15, 0.2) is 40.8 Å². The van der Waals surface area contributed by atoms with E-state index in [1.807, 2.05) is 0 Å². The number of alkyl halides is 2. The van der Waals surface area contributed by atoms with Gasteiger partial charge in [0.25, 0.3) is 5.91 Å². The zero-order valence-corrected chi connectivity index (χ0v) is 20.6. The van der Waals surface area contributed by atoms with Crippen molar-refractivity contribution in [3.63, 3.8) is 0 Å². The summed E-state index contributed by atoms with van der Waals surface area (Å²) in [4.78, 5) is 28.8. The molecule has 3 N–H and O–H groups in total. The van der Waals surface area contributed by atoms with E-state index >= 15 is 0 Å². The Morgan fingerprint density at radius 3 is 2.58 bits per heavy atom. The minimum absolute atomic E-state index is 0.111. The molecule has 202 valence electrons. The number of ether oxygens (including phenoxy) is 3. The fraction of sp³-hybridized carbons (Fsp3) is 0.346. The highest BCUT2D eigenvalue weighted by Gasteiger charge is 2.25. The molecule has 1 aliphatic rings. The van der Waals surface area contributed by atoms with Crippen molar-refractivity contribution in [3.05, 3.63) is 64.8 Å². The Morgan fingerprint density at radius 1 is 1.18 bits per heavy atom. The lowest BCUT2D eigenvalue weighted by Crippen LogP contribution is -2.25. The SMILES string of the molecule is COC(=O)c1cccc(C(=O)NCc2nc(-c3ccc(OC(F)F)c(OCC4CC4)c3)oc2C(C)N)c1F. The Labute approximate surface area is 216 Å². The Hall–Kier alpha value is -4.06. The molecule has 1 atom stereocenters. The van der Waals surface area contributed by atoms with Crippen LogP contribution in [0.3, 0.4) is 0 Å². The summed E-state index contributed by atoms with van der Waals surface area (Å²) in [6.45, 7) is -1.17. The summed E-state index contributed by atoms with van der Waals surface area (Å²) in [5.74, 6) is -1.98. The van der Waals surface area contributed by atoms with Gasteiger partial charge in [0.15, 0.2) is 11.5 Å². The molecule has 1 unspecified atom stereocenters. The maximum absolute atomic E-state index is 14.7. The molecule has 1 fully saturated rings. The lowest BCUT2D eigenvalue weighted by molar-refractivity contribution is -0.0515. The average Bonchev–Trinajstić information content (AvgIpc) is 3.62. The molecule has 0 spiro atoms. The molecule has 1 aromatic heterocycles. The monoisotopic (exact) mass is 533 g/mol. The van der Waals surface area contributed by atoms with Crippen LogP contribution in [0.4, 0.5) is 13.2 Å². The quantitative estimate of drug-likeness (QED) is 0.343. The van der Waals surface area contributed by atoms with E-state index < -0.39 is 30.3 Å². The second-order valence-corrected chi connectivity index (χ2v) is 8.75. The number of hydrogen-bond acceptors (Lipinski definition) is 8. The number of carbonyl (C=O) groups is 2. The second kappa shape index (κ2) is 11.5. The first-order chi connectivity index (χ1) is 18.2. The number of carbonyl (C=O) groups excluding carboxylic acids is 2. The highest BCUT2D eigenvalue weighted by molar-refractivity contribution is 5.98. The van der Waals surface area contributed by atoms with Gasteiger partial charge in [-0.1, -0.05) is 6.07 Å². The van der Waals surface area contributed by atoms with Gasteiger partial charge in [-0.05, 0) is 56.0 Å². The third-order valence-corrected chi connectivity index (χ3v) is 5.78. The summed E-state index contributed by atoms with van der Waals surface area (Å²) in [5.41, 5.74) is 5.99. The molecule has 2 aromatic carbocycles. The van der Waals surface area contributed by atoms with Gasteiger partial charge in [0, 0.05) is 5.56 Å². The largest absolute Gasteiger partial charge is 0.489 e. The third-order valence-electron chi connectivity index (χ3n) is 5.78. The van der Waals surface area contributed by atoms with Gasteiger partial charge in [-0.2, -0.15) is 8.78 Å². The first-order valence-electron chi connectivity index (χ1n) is 11.8. The van der Waals surface area contributed by atoms with E-state index in [0.29, 0.717) is 18.1 Å². The molecule has 9 nitrogen and oxygen atoms in total. The number of nitrogens with one attached hydrogen (secondary N) is 1. The number of benzene rings is 2. The number of nitrogens with two attached hydrogens (primary N) is 1. The highest BCUT2D eigenvalue weighted by atomic mass is 19.3. The molecule has 4 rings (SSSR count). The number of halogens is 3. The van der Waals surface area contributed by atoms with Gasteiger partial charge in [-0.15, -0.1) is 0 Å². The van der Waals surface area contributed by atoms with Crippen LogP contribution in [0.1, 0.15) is 58.0 Å². The van der Waals surface area contributed by atoms with Crippen molar-refractivity contribution < 1.29 is 41.4 Å². The number of nitrogens with zero attached hydrogens (tertiary/aromatic N) is 1. The summed E-state index contributed by atoms with van der Waals surface area (Å²) >= 11 is 0. The number of aromatic nitrogens is 1. The van der Waals surface area contributed by atoms with Crippen molar-refractivity contribution in [3.8, 4) is 23.0 Å². The molecule has 0 radical (unpaired) electrons. The van der Waals surface area contributed by atoms with E-state index in [1.54, 1.807) is 6.92 Å². The summed E-state index contributed by atoms with van der Waals surface area (Å²) < 4.78 is 61.0. The van der Waals surface area contributed by atoms with Gasteiger partial charge in [-0.25, -0.2) is 14.2 Å². The number of rotatable bonds is 11. The van der Waals surface area contributed by atoms with E-state index in [-0.39, 0.29) is 46.5 Å². The van der Waals surface area contributed by atoms with Crippen molar-refractivity contribution >= 4 is 11.9 Å². The summed E-state index contributed by atoms with van der Waals surface area (Å²) in [6, 6.07) is 7.46. The van der Waals surface area contributed by atoms with Crippen LogP contribution in [0.2, 0.25) is 0 Å². The average molecular weight is 534 g/mol. The molecule has 3 aromatic rings. The maximum atomic E-state index is 14.7. The third kappa shape index (κ3) is 6.25. The van der Waals surface area contributed by atoms with E-state index in [1.165, 1.54) is 36.4 Å². The first kappa shape index (κ1) is 27.0. The molecular weight excluding hydrogens is 507 g/mol. The summed E-state index contributed by atoms with van der Waals surface area (Å²) in [6.07, 6.45) is 2.02. The van der Waals surface area contributed by atoms with E-state index in [9.17, 15) is 22.8 Å². The molecule has 1 saturated carbocycles. The number of hydrogen-bond donors (Lipinski definition) is 2. The smallest absolute Gasteiger partial charge is 0.387 e. The lowest BCUT2D eigenvalue weighted by atomic mass is 10.1. The summed E-state index contributed by atoms with van der Waals surface area (Å²) in [7, 11) is 1.10. The molecule has 1 heterocycles. The Kier molecular flexibility index (Phi) is 8.20. The van der Waals surface area contributed by atoms with Crippen molar-refractivity contribution in [2.45, 2.75) is 39.0 Å². The van der Waals surface area contributed by atoms with Crippen molar-refractivity contribution in [2.24, 2.45) is 11.7 Å². The lowest BCUT2D eigenvalue weighted by Gasteiger charge is -2.12. The van der Waals surface area contributed by atoms with Gasteiger partial charge in [0.05, 0.1) is 37.4 Å². The maximum Gasteiger partial charge on any atom is 0.387 e. The molecule has 12 heteroatoms. The summed E-state index contributed by atoms with van der Waals surface area (Å²) in [5, 5.41) is 2.54. The standard InChI is InChI=1S/C26H26F3N3O6/c1-13(30)22-18(11-31-23(33)16-4-3-5-17(21(16)27)25(34)35-2)32-24(38-22)15-8-9-19(37-26(28)29)20(10-15)36-12-14-6-7-14/h3-5,8-10,13-14,26H,6-7,11-12,30H2,1-2H3,(H,31,33). The Morgan fingerprint density at radius 2 is 1.92 bits per heavy atom. The van der Waals surface area contributed by atoms with Crippen LogP contribution < -0.4 is 20.5 Å². The van der Waals surface area contributed by atoms with Crippen LogP contribution in [-0.2, 0) is 11.3 Å². The van der Waals surface area contributed by atoms with Crippen molar-refractivity contribution in [2.75, 3.05) is 13.7 Å². The van der Waals surface area contributed by atoms with Crippen LogP contribution in [0.5, 0.6) is 11.5 Å². The zero-order valence-electron chi connectivity index (χ0n) is 20.6. The molecular formula is C26H26F3N3O6. The fourth-order valence-electron chi connectivity index (χ4n) is 3.64. The number of amides is 1. The molecule has 1 amide bonds. The highest BCUT2D eigenvalue weighted by Crippen LogP contribution is 2.37. The number of methoxy groups -OCH3 is 1. The van der Waals surface area contributed by atoms with Crippen LogP contribution in [-0.4, -0.2) is 37.2 Å². The predicted molar refractivity (Wildman–Crippen MR) is 128 cm³/mol. The second-order valence-electron chi connectivity index (χ2n) is 8.75. The molecule has 1 aliphatic carbocycles. The normalized spacial score (nSPS) is 13.8. The van der Waals surface area contributed by atoms with Crippen molar-refractivity contribution in [1.29, 1.82) is 0 Å². The van der Waals surface area contributed by atoms with Gasteiger partial charge >= 0.3 is 12.6 Å². The topological polar surface area (TPSA) is 126 Å². The minimum Gasteiger partial charge on any atom is -0.489 e. The van der Waals surface area contributed by atoms with Crippen LogP contribution >= 0.6 is 0 Å². The number of esters is 1. The van der Waals surface area contributed by atoms with Crippen molar-refractivity contribution in [1.82, 2.24) is 10.3 Å². The van der Waals surface area contributed by atoms with Gasteiger partial charge < -0.3 is 29.7 Å². The first-order valence-corrected chi connectivity index (χ1v) is 11.8.